The summed E-state index contributed by atoms with van der Waals surface area (Å²) in [5.41, 5.74) is 0. The molecule has 0 aromatic heterocycles. The van der Waals surface area contributed by atoms with Gasteiger partial charge in [-0.2, -0.15) is 13.2 Å². The second-order valence-corrected chi connectivity index (χ2v) is 2.62. The molecule has 0 bridgehead atoms. The predicted octanol–water partition coefficient (Wildman–Crippen LogP) is 0.110. The van der Waals surface area contributed by atoms with Gasteiger partial charge in [0.1, 0.15) is 0 Å². The minimum atomic E-state index is -4.13. The zero-order valence-electron chi connectivity index (χ0n) is 7.32. The van der Waals surface area contributed by atoms with Gasteiger partial charge in [0.2, 0.25) is 0 Å². The van der Waals surface area contributed by atoms with E-state index in [1.54, 1.807) is 0 Å². The molecule has 0 rings (SSSR count). The zero-order valence-corrected chi connectivity index (χ0v) is 7.32. The van der Waals surface area contributed by atoms with Crippen LogP contribution in [0.25, 0.3) is 0 Å². The van der Waals surface area contributed by atoms with Crippen LogP contribution < -0.4 is 10.6 Å². The third kappa shape index (κ3) is 11.7. The first-order chi connectivity index (χ1) is 6.06. The minimum absolute atomic E-state index is 0.100. The number of rotatable bonds is 7. The lowest BCUT2D eigenvalue weighted by atomic mass is 10.4. The Labute approximate surface area is 75.3 Å². The Balaban J connectivity index is 3.00. The SMILES string of the molecule is OCCCNCCNCC(F)(F)F. The van der Waals surface area contributed by atoms with Crippen LogP contribution in [0.4, 0.5) is 13.2 Å². The average molecular weight is 200 g/mol. The fourth-order valence-corrected chi connectivity index (χ4v) is 0.736. The Morgan fingerprint density at radius 1 is 1.00 bits per heavy atom. The molecule has 0 unspecified atom stereocenters. The Morgan fingerprint density at radius 2 is 1.62 bits per heavy atom. The first-order valence-electron chi connectivity index (χ1n) is 4.15. The second kappa shape index (κ2) is 7.11. The number of halogens is 3. The molecule has 0 aliphatic heterocycles. The van der Waals surface area contributed by atoms with Crippen LogP contribution in [0.15, 0.2) is 0 Å². The summed E-state index contributed by atoms with van der Waals surface area (Å²) in [5, 5.41) is 13.5. The third-order valence-corrected chi connectivity index (χ3v) is 1.32. The van der Waals surface area contributed by atoms with Gasteiger partial charge in [-0.25, -0.2) is 0 Å². The first-order valence-corrected chi connectivity index (χ1v) is 4.15. The number of nitrogens with one attached hydrogen (secondary N) is 2. The van der Waals surface area contributed by atoms with Gasteiger partial charge in [0, 0.05) is 19.7 Å². The molecule has 0 radical (unpaired) electrons. The minimum Gasteiger partial charge on any atom is -0.396 e. The summed E-state index contributed by atoms with van der Waals surface area (Å²) in [4.78, 5) is 0. The molecule has 0 aromatic rings. The van der Waals surface area contributed by atoms with Crippen LogP contribution in [-0.2, 0) is 0 Å². The van der Waals surface area contributed by atoms with E-state index in [1.807, 2.05) is 0 Å². The van der Waals surface area contributed by atoms with Crippen molar-refractivity contribution in [2.75, 3.05) is 32.8 Å². The Hall–Kier alpha value is -0.330. The van der Waals surface area contributed by atoms with E-state index in [1.165, 1.54) is 0 Å². The highest BCUT2D eigenvalue weighted by molar-refractivity contribution is 4.57. The molecule has 0 amide bonds. The lowest BCUT2D eigenvalue weighted by Gasteiger charge is -2.08. The maximum Gasteiger partial charge on any atom is 0.401 e. The summed E-state index contributed by atoms with van der Waals surface area (Å²) >= 11 is 0. The summed E-state index contributed by atoms with van der Waals surface area (Å²) in [7, 11) is 0. The van der Waals surface area contributed by atoms with Crippen LogP contribution in [0.5, 0.6) is 0 Å². The predicted molar refractivity (Wildman–Crippen MR) is 43.5 cm³/mol. The molecule has 0 atom stereocenters. The van der Waals surface area contributed by atoms with Gasteiger partial charge in [0.05, 0.1) is 6.54 Å². The van der Waals surface area contributed by atoms with Crippen molar-refractivity contribution in [3.8, 4) is 0 Å². The summed E-state index contributed by atoms with van der Waals surface area (Å²) in [5.74, 6) is 0. The molecule has 3 N–H and O–H groups in total. The molecule has 13 heavy (non-hydrogen) atoms. The maximum atomic E-state index is 11.6. The number of aliphatic hydroxyl groups is 1. The number of hydrogen-bond donors (Lipinski definition) is 3. The number of alkyl halides is 3. The molecule has 0 fully saturated rings. The van der Waals surface area contributed by atoms with Crippen LogP contribution in [0.2, 0.25) is 0 Å². The fourth-order valence-electron chi connectivity index (χ4n) is 0.736. The summed E-state index contributed by atoms with van der Waals surface area (Å²) in [6, 6.07) is 0. The molecule has 80 valence electrons. The maximum absolute atomic E-state index is 11.6. The van der Waals surface area contributed by atoms with Gasteiger partial charge >= 0.3 is 6.18 Å². The standard InChI is InChI=1S/C7H15F3N2O/c8-7(9,10)6-12-4-3-11-2-1-5-13/h11-13H,1-6H2. The molecule has 0 aliphatic rings. The van der Waals surface area contributed by atoms with E-state index in [2.05, 4.69) is 10.6 Å². The van der Waals surface area contributed by atoms with Gasteiger partial charge in [-0.15, -0.1) is 0 Å². The third-order valence-electron chi connectivity index (χ3n) is 1.32. The fraction of sp³-hybridized carbons (Fsp3) is 1.00. The molecular weight excluding hydrogens is 185 g/mol. The van der Waals surface area contributed by atoms with Crippen LogP contribution in [0.3, 0.4) is 0 Å². The number of aliphatic hydroxyl groups excluding tert-OH is 1. The van der Waals surface area contributed by atoms with Crippen LogP contribution >= 0.6 is 0 Å². The topological polar surface area (TPSA) is 44.3 Å². The highest BCUT2D eigenvalue weighted by Crippen LogP contribution is 2.11. The van der Waals surface area contributed by atoms with Crippen molar-refractivity contribution in [3.63, 3.8) is 0 Å². The molecule has 0 heterocycles. The molecule has 0 saturated heterocycles. The van der Waals surface area contributed by atoms with Gasteiger partial charge in [-0.05, 0) is 13.0 Å². The Bertz CT molecular complexity index is 119. The van der Waals surface area contributed by atoms with Gasteiger partial charge < -0.3 is 15.7 Å². The Morgan fingerprint density at radius 3 is 2.15 bits per heavy atom. The largest absolute Gasteiger partial charge is 0.401 e. The van der Waals surface area contributed by atoms with Crippen molar-refractivity contribution in [1.29, 1.82) is 0 Å². The van der Waals surface area contributed by atoms with Crippen LogP contribution in [-0.4, -0.2) is 44.1 Å². The van der Waals surface area contributed by atoms with E-state index in [0.717, 1.165) is 0 Å². The van der Waals surface area contributed by atoms with E-state index >= 15 is 0 Å². The van der Waals surface area contributed by atoms with Crippen molar-refractivity contribution < 1.29 is 18.3 Å². The monoisotopic (exact) mass is 200 g/mol. The van der Waals surface area contributed by atoms with E-state index in [-0.39, 0.29) is 13.2 Å². The van der Waals surface area contributed by atoms with Gasteiger partial charge in [0.25, 0.3) is 0 Å². The van der Waals surface area contributed by atoms with Crippen molar-refractivity contribution in [2.24, 2.45) is 0 Å². The van der Waals surface area contributed by atoms with E-state index in [0.29, 0.717) is 19.5 Å². The highest BCUT2D eigenvalue weighted by Gasteiger charge is 2.25. The van der Waals surface area contributed by atoms with Crippen molar-refractivity contribution in [2.45, 2.75) is 12.6 Å². The normalized spacial score (nSPS) is 12.0. The summed E-state index contributed by atoms with van der Waals surface area (Å²) in [6.07, 6.45) is -3.51. The van der Waals surface area contributed by atoms with Crippen LogP contribution in [0.1, 0.15) is 6.42 Å². The average Bonchev–Trinajstić information content (AvgIpc) is 2.01. The smallest absolute Gasteiger partial charge is 0.396 e. The highest BCUT2D eigenvalue weighted by atomic mass is 19.4. The summed E-state index contributed by atoms with van der Waals surface area (Å²) < 4.78 is 34.7. The molecular formula is C7H15F3N2O. The molecule has 0 saturated carbocycles. The van der Waals surface area contributed by atoms with Crippen LogP contribution in [0, 0.1) is 0 Å². The van der Waals surface area contributed by atoms with Crippen molar-refractivity contribution in [3.05, 3.63) is 0 Å². The van der Waals surface area contributed by atoms with Gasteiger partial charge in [-0.1, -0.05) is 0 Å². The number of hydrogen-bond acceptors (Lipinski definition) is 3. The first kappa shape index (κ1) is 12.7. The molecule has 0 spiro atoms. The molecule has 0 aromatic carbocycles. The molecule has 0 aliphatic carbocycles. The lowest BCUT2D eigenvalue weighted by Crippen LogP contribution is -2.34. The van der Waals surface area contributed by atoms with Crippen molar-refractivity contribution >= 4 is 0 Å². The van der Waals surface area contributed by atoms with Gasteiger partial charge in [-0.3, -0.25) is 0 Å². The van der Waals surface area contributed by atoms with E-state index in [9.17, 15) is 13.2 Å². The second-order valence-electron chi connectivity index (χ2n) is 2.62. The Kier molecular flexibility index (Phi) is 6.93. The van der Waals surface area contributed by atoms with Crippen molar-refractivity contribution in [1.82, 2.24) is 10.6 Å². The van der Waals surface area contributed by atoms with Gasteiger partial charge in [0.15, 0.2) is 0 Å². The summed E-state index contributed by atoms with van der Waals surface area (Å²) in [6.45, 7) is 0.545. The zero-order chi connectivity index (χ0) is 10.2. The molecule has 6 heteroatoms. The lowest BCUT2D eigenvalue weighted by molar-refractivity contribution is -0.124. The van der Waals surface area contributed by atoms with E-state index < -0.39 is 12.7 Å². The van der Waals surface area contributed by atoms with E-state index in [4.69, 9.17) is 5.11 Å². The quantitative estimate of drug-likeness (QED) is 0.511. The molecule has 3 nitrogen and oxygen atoms in total.